The Bertz CT molecular complexity index is 473. The molecule has 0 saturated heterocycles. The van der Waals surface area contributed by atoms with Crippen LogP contribution < -0.4 is 10.5 Å². The molecule has 0 heterocycles. The summed E-state index contributed by atoms with van der Waals surface area (Å²) in [6, 6.07) is 2.62. The maximum Gasteiger partial charge on any atom is 0.418 e. The van der Waals surface area contributed by atoms with E-state index in [0.29, 0.717) is 6.07 Å². The van der Waals surface area contributed by atoms with Gasteiger partial charge in [0.1, 0.15) is 5.69 Å². The van der Waals surface area contributed by atoms with E-state index in [1.807, 2.05) is 0 Å². The number of alkyl halides is 3. The summed E-state index contributed by atoms with van der Waals surface area (Å²) < 4.78 is 38.2. The van der Waals surface area contributed by atoms with Gasteiger partial charge < -0.3 is 5.32 Å². The molecule has 0 spiro atoms. The number of amides is 1. The maximum absolute atomic E-state index is 12.7. The molecule has 0 aliphatic carbocycles. The highest BCUT2D eigenvalue weighted by Crippen LogP contribution is 2.37. The van der Waals surface area contributed by atoms with E-state index in [9.17, 15) is 18.0 Å². The summed E-state index contributed by atoms with van der Waals surface area (Å²) in [7, 11) is 0. The van der Waals surface area contributed by atoms with Crippen molar-refractivity contribution in [2.75, 3.05) is 10.5 Å². The zero-order valence-corrected chi connectivity index (χ0v) is 10.2. The zero-order chi connectivity index (χ0) is 14.8. The molecule has 1 rings (SSSR count). The summed E-state index contributed by atoms with van der Waals surface area (Å²) in [5, 5.41) is 19.1. The topological polar surface area (TPSA) is 72.8 Å². The Balaban J connectivity index is 3.16. The van der Waals surface area contributed by atoms with E-state index >= 15 is 0 Å². The SMILES string of the molecule is CC(C)C(=O)Nc1ccc(N(O)O)c(C(F)(F)F)c1. The molecule has 0 bridgehead atoms. The standard InChI is InChI=1S/C11H13F3N2O3/c1-6(2)10(17)15-7-3-4-9(16(18)19)8(5-7)11(12,13)14/h3-6,18-19H,1-2H3,(H,15,17). The first-order valence-corrected chi connectivity index (χ1v) is 5.33. The molecule has 0 fully saturated rings. The van der Waals surface area contributed by atoms with E-state index in [1.54, 1.807) is 13.8 Å². The van der Waals surface area contributed by atoms with Gasteiger partial charge in [0.25, 0.3) is 0 Å². The van der Waals surface area contributed by atoms with Crippen molar-refractivity contribution in [3.63, 3.8) is 0 Å². The maximum atomic E-state index is 12.7. The minimum atomic E-state index is -4.78. The molecule has 1 aromatic rings. The van der Waals surface area contributed by atoms with Crippen molar-refractivity contribution in [2.45, 2.75) is 20.0 Å². The van der Waals surface area contributed by atoms with E-state index in [-0.39, 0.29) is 11.6 Å². The fourth-order valence-corrected chi connectivity index (χ4v) is 1.30. The average molecular weight is 278 g/mol. The van der Waals surface area contributed by atoms with Gasteiger partial charge in [0, 0.05) is 11.6 Å². The fraction of sp³-hybridized carbons (Fsp3) is 0.364. The van der Waals surface area contributed by atoms with Gasteiger partial charge in [-0.05, 0) is 18.2 Å². The lowest BCUT2D eigenvalue weighted by atomic mass is 10.1. The normalized spacial score (nSPS) is 11.6. The third kappa shape index (κ3) is 3.83. The Morgan fingerprint density at radius 3 is 2.32 bits per heavy atom. The molecule has 0 saturated carbocycles. The molecule has 0 unspecified atom stereocenters. The zero-order valence-electron chi connectivity index (χ0n) is 10.2. The Morgan fingerprint density at radius 1 is 1.32 bits per heavy atom. The number of hydrogen-bond donors (Lipinski definition) is 3. The van der Waals surface area contributed by atoms with Crippen LogP contribution in [0.4, 0.5) is 24.5 Å². The van der Waals surface area contributed by atoms with Gasteiger partial charge in [0.2, 0.25) is 5.91 Å². The lowest BCUT2D eigenvalue weighted by molar-refractivity contribution is -0.138. The monoisotopic (exact) mass is 278 g/mol. The van der Waals surface area contributed by atoms with Gasteiger partial charge >= 0.3 is 6.18 Å². The summed E-state index contributed by atoms with van der Waals surface area (Å²) in [6.45, 7) is 3.19. The van der Waals surface area contributed by atoms with Crippen molar-refractivity contribution in [3.05, 3.63) is 23.8 Å². The van der Waals surface area contributed by atoms with Crippen molar-refractivity contribution in [1.82, 2.24) is 0 Å². The Hall–Kier alpha value is -1.80. The van der Waals surface area contributed by atoms with Crippen molar-refractivity contribution < 1.29 is 28.4 Å². The second-order valence-electron chi connectivity index (χ2n) is 4.16. The number of carbonyl (C=O) groups excluding carboxylic acids is 1. The van der Waals surface area contributed by atoms with Crippen molar-refractivity contribution in [2.24, 2.45) is 5.92 Å². The molecule has 8 heteroatoms. The summed E-state index contributed by atoms with van der Waals surface area (Å²) in [5.41, 5.74) is -2.16. The van der Waals surface area contributed by atoms with Crippen LogP contribution in [0.25, 0.3) is 0 Å². The van der Waals surface area contributed by atoms with Crippen molar-refractivity contribution in [3.8, 4) is 0 Å². The van der Waals surface area contributed by atoms with Gasteiger partial charge in [-0.1, -0.05) is 13.8 Å². The van der Waals surface area contributed by atoms with E-state index in [0.717, 1.165) is 12.1 Å². The summed E-state index contributed by atoms with van der Waals surface area (Å²) in [6.07, 6.45) is -4.78. The highest BCUT2D eigenvalue weighted by molar-refractivity contribution is 5.92. The molecular weight excluding hydrogens is 265 g/mol. The van der Waals surface area contributed by atoms with Crippen LogP contribution in [0.1, 0.15) is 19.4 Å². The van der Waals surface area contributed by atoms with Crippen LogP contribution in [0.15, 0.2) is 18.2 Å². The van der Waals surface area contributed by atoms with E-state index < -0.39 is 28.6 Å². The Morgan fingerprint density at radius 2 is 1.89 bits per heavy atom. The van der Waals surface area contributed by atoms with Gasteiger partial charge in [-0.2, -0.15) is 13.2 Å². The van der Waals surface area contributed by atoms with E-state index in [4.69, 9.17) is 10.4 Å². The number of hydrogen-bond acceptors (Lipinski definition) is 4. The molecule has 106 valence electrons. The van der Waals surface area contributed by atoms with Crippen molar-refractivity contribution >= 4 is 17.3 Å². The lowest BCUT2D eigenvalue weighted by Crippen LogP contribution is -2.20. The first kappa shape index (κ1) is 15.3. The quantitative estimate of drug-likeness (QED) is 0.743. The number of nitrogens with zero attached hydrogens (tertiary/aromatic N) is 1. The third-order valence-electron chi connectivity index (χ3n) is 2.31. The van der Waals surface area contributed by atoms with Gasteiger partial charge in [-0.3, -0.25) is 15.2 Å². The van der Waals surface area contributed by atoms with Gasteiger partial charge in [-0.15, -0.1) is 5.23 Å². The number of halogens is 3. The molecule has 0 aliphatic heterocycles. The lowest BCUT2D eigenvalue weighted by Gasteiger charge is -2.17. The van der Waals surface area contributed by atoms with Crippen LogP contribution in [-0.2, 0) is 11.0 Å². The Kier molecular flexibility index (Phi) is 4.38. The number of anilines is 2. The smallest absolute Gasteiger partial charge is 0.326 e. The Labute approximate surface area is 107 Å². The molecule has 5 nitrogen and oxygen atoms in total. The highest BCUT2D eigenvalue weighted by Gasteiger charge is 2.35. The number of rotatable bonds is 3. The number of benzene rings is 1. The van der Waals surface area contributed by atoms with Crippen molar-refractivity contribution in [1.29, 1.82) is 0 Å². The van der Waals surface area contributed by atoms with Gasteiger partial charge in [-0.25, -0.2) is 0 Å². The highest BCUT2D eigenvalue weighted by atomic mass is 19.4. The predicted molar refractivity (Wildman–Crippen MR) is 61.0 cm³/mol. The van der Waals surface area contributed by atoms with Crippen LogP contribution in [0.2, 0.25) is 0 Å². The summed E-state index contributed by atoms with van der Waals surface area (Å²) in [4.78, 5) is 11.4. The fourth-order valence-electron chi connectivity index (χ4n) is 1.30. The van der Waals surface area contributed by atoms with Crippen LogP contribution >= 0.6 is 0 Å². The largest absolute Gasteiger partial charge is 0.418 e. The molecule has 0 radical (unpaired) electrons. The first-order valence-electron chi connectivity index (χ1n) is 5.33. The molecular formula is C11H13F3N2O3. The molecule has 0 aromatic heterocycles. The second kappa shape index (κ2) is 5.45. The molecule has 0 aliphatic rings. The molecule has 19 heavy (non-hydrogen) atoms. The van der Waals surface area contributed by atoms with Gasteiger partial charge in [0.05, 0.1) is 5.56 Å². The molecule has 1 aromatic carbocycles. The predicted octanol–water partition coefficient (Wildman–Crippen LogP) is 2.88. The molecule has 0 atom stereocenters. The number of nitrogens with one attached hydrogen (secondary N) is 1. The minimum absolute atomic E-state index is 0.0726. The third-order valence-corrected chi connectivity index (χ3v) is 2.31. The average Bonchev–Trinajstić information content (AvgIpc) is 2.27. The van der Waals surface area contributed by atoms with Crippen LogP contribution in [0.3, 0.4) is 0 Å². The van der Waals surface area contributed by atoms with Crippen LogP contribution in [-0.4, -0.2) is 16.3 Å². The molecule has 3 N–H and O–H groups in total. The minimum Gasteiger partial charge on any atom is -0.326 e. The van der Waals surface area contributed by atoms with Gasteiger partial charge in [0.15, 0.2) is 0 Å². The van der Waals surface area contributed by atoms with Crippen LogP contribution in [0.5, 0.6) is 0 Å². The van der Waals surface area contributed by atoms with E-state index in [1.165, 1.54) is 0 Å². The number of carbonyl (C=O) groups is 1. The van der Waals surface area contributed by atoms with E-state index in [2.05, 4.69) is 5.32 Å². The van der Waals surface area contributed by atoms with Crippen LogP contribution in [0, 0.1) is 5.92 Å². The first-order chi connectivity index (χ1) is 8.62. The molecule has 1 amide bonds. The summed E-state index contributed by atoms with van der Waals surface area (Å²) in [5.74, 6) is -0.827. The summed E-state index contributed by atoms with van der Waals surface area (Å²) >= 11 is 0. The second-order valence-corrected chi connectivity index (χ2v) is 4.16.